The molecule has 0 aromatic carbocycles. The maximum Gasteiger partial charge on any atom is 0.117 e. The molecular formula is C19H23N5O2. The first kappa shape index (κ1) is 18.0. The van der Waals surface area contributed by atoms with Gasteiger partial charge in [-0.3, -0.25) is 4.98 Å². The lowest BCUT2D eigenvalue weighted by atomic mass is 9.94. The number of rotatable bonds is 7. The molecule has 1 aliphatic carbocycles. The molecule has 136 valence electrons. The minimum atomic E-state index is 0.528. The van der Waals surface area contributed by atoms with E-state index in [-0.39, 0.29) is 0 Å². The van der Waals surface area contributed by atoms with Crippen LogP contribution in [0.5, 0.6) is 0 Å². The number of nitrogens with zero attached hydrogens (tertiary/aromatic N) is 5. The molecule has 0 saturated carbocycles. The van der Waals surface area contributed by atoms with Gasteiger partial charge in [0.05, 0.1) is 11.4 Å². The van der Waals surface area contributed by atoms with Gasteiger partial charge in [-0.25, -0.2) is 9.97 Å². The SMILES string of the molecule is CO/N=C1\CCCc2ccc(CCCO/N=C(\C)c3ccncn3)nc21. The van der Waals surface area contributed by atoms with Crippen molar-refractivity contribution in [2.24, 2.45) is 10.3 Å². The van der Waals surface area contributed by atoms with E-state index in [0.717, 1.165) is 60.6 Å². The van der Waals surface area contributed by atoms with E-state index in [4.69, 9.17) is 14.7 Å². The number of hydrogen-bond donors (Lipinski definition) is 0. The fraction of sp³-hybridized carbons (Fsp3) is 0.421. The molecule has 26 heavy (non-hydrogen) atoms. The summed E-state index contributed by atoms with van der Waals surface area (Å²) in [6.07, 6.45) is 7.90. The predicted molar refractivity (Wildman–Crippen MR) is 99.2 cm³/mol. The number of fused-ring (bicyclic) bond motifs is 1. The van der Waals surface area contributed by atoms with Crippen LogP contribution in [0.25, 0.3) is 0 Å². The maximum absolute atomic E-state index is 5.40. The second-order valence-electron chi connectivity index (χ2n) is 6.09. The Morgan fingerprint density at radius 2 is 2.15 bits per heavy atom. The largest absolute Gasteiger partial charge is 0.399 e. The second-order valence-corrected chi connectivity index (χ2v) is 6.09. The molecule has 3 rings (SSSR count). The summed E-state index contributed by atoms with van der Waals surface area (Å²) in [5, 5.41) is 8.23. The van der Waals surface area contributed by atoms with E-state index in [0.29, 0.717) is 6.61 Å². The van der Waals surface area contributed by atoms with Gasteiger partial charge in [0.15, 0.2) is 0 Å². The molecule has 1 aliphatic rings. The average molecular weight is 353 g/mol. The van der Waals surface area contributed by atoms with Crippen LogP contribution in [-0.2, 0) is 22.5 Å². The summed E-state index contributed by atoms with van der Waals surface area (Å²) in [6.45, 7) is 2.39. The van der Waals surface area contributed by atoms with Crippen molar-refractivity contribution in [1.29, 1.82) is 0 Å². The van der Waals surface area contributed by atoms with Crippen LogP contribution < -0.4 is 0 Å². The number of oxime groups is 2. The maximum atomic E-state index is 5.40. The standard InChI is InChI=1S/C19H23N5O2/c1-14(17-10-11-20-13-21-17)23-26-12-4-6-16-9-8-15-5-3-7-18(24-25-2)19(15)22-16/h8-11,13H,3-7,12H2,1-2H3/b23-14+,24-18+. The van der Waals surface area contributed by atoms with Crippen LogP contribution in [0.4, 0.5) is 0 Å². The van der Waals surface area contributed by atoms with E-state index >= 15 is 0 Å². The Morgan fingerprint density at radius 1 is 1.23 bits per heavy atom. The average Bonchev–Trinajstić information content (AvgIpc) is 2.69. The van der Waals surface area contributed by atoms with Gasteiger partial charge in [-0.15, -0.1) is 0 Å². The van der Waals surface area contributed by atoms with Crippen molar-refractivity contribution in [3.63, 3.8) is 0 Å². The van der Waals surface area contributed by atoms with E-state index in [1.807, 2.05) is 6.92 Å². The zero-order valence-electron chi connectivity index (χ0n) is 15.2. The van der Waals surface area contributed by atoms with Crippen molar-refractivity contribution in [1.82, 2.24) is 15.0 Å². The third-order valence-electron chi connectivity index (χ3n) is 4.19. The third kappa shape index (κ3) is 4.62. The summed E-state index contributed by atoms with van der Waals surface area (Å²) in [6, 6.07) is 6.04. The molecule has 0 radical (unpaired) electrons. The molecule has 0 unspecified atom stereocenters. The lowest BCUT2D eigenvalue weighted by Gasteiger charge is -2.17. The first-order valence-electron chi connectivity index (χ1n) is 8.80. The molecule has 2 aromatic heterocycles. The summed E-state index contributed by atoms with van der Waals surface area (Å²) in [7, 11) is 1.58. The highest BCUT2D eigenvalue weighted by molar-refractivity contribution is 6.00. The third-order valence-corrected chi connectivity index (χ3v) is 4.19. The molecule has 0 fully saturated rings. The molecule has 0 atom stereocenters. The Bertz CT molecular complexity index is 790. The topological polar surface area (TPSA) is 81.9 Å². The van der Waals surface area contributed by atoms with Gasteiger partial charge in [0.25, 0.3) is 0 Å². The Morgan fingerprint density at radius 3 is 2.96 bits per heavy atom. The van der Waals surface area contributed by atoms with Crippen molar-refractivity contribution in [2.75, 3.05) is 13.7 Å². The summed E-state index contributed by atoms with van der Waals surface area (Å²) < 4.78 is 0. The van der Waals surface area contributed by atoms with Gasteiger partial charge < -0.3 is 9.68 Å². The second kappa shape index (κ2) is 9.03. The number of aryl methyl sites for hydroxylation is 2. The monoisotopic (exact) mass is 353 g/mol. The molecule has 7 nitrogen and oxygen atoms in total. The summed E-state index contributed by atoms with van der Waals surface area (Å²) >= 11 is 0. The number of pyridine rings is 1. The van der Waals surface area contributed by atoms with E-state index in [2.05, 4.69) is 32.4 Å². The Balaban J connectivity index is 1.53. The summed E-state index contributed by atoms with van der Waals surface area (Å²) in [4.78, 5) is 23.2. The molecule has 2 heterocycles. The van der Waals surface area contributed by atoms with Gasteiger partial charge in [0, 0.05) is 11.9 Å². The van der Waals surface area contributed by atoms with Crippen molar-refractivity contribution in [3.8, 4) is 0 Å². The molecular weight excluding hydrogens is 330 g/mol. The molecule has 0 amide bonds. The zero-order chi connectivity index (χ0) is 18.2. The fourth-order valence-corrected chi connectivity index (χ4v) is 2.89. The van der Waals surface area contributed by atoms with Crippen molar-refractivity contribution in [2.45, 2.75) is 39.0 Å². The lowest BCUT2D eigenvalue weighted by molar-refractivity contribution is 0.141. The van der Waals surface area contributed by atoms with Gasteiger partial charge in [0.2, 0.25) is 0 Å². The van der Waals surface area contributed by atoms with Crippen LogP contribution >= 0.6 is 0 Å². The highest BCUT2D eigenvalue weighted by Crippen LogP contribution is 2.21. The van der Waals surface area contributed by atoms with Gasteiger partial charge in [-0.05, 0) is 56.7 Å². The van der Waals surface area contributed by atoms with Gasteiger partial charge >= 0.3 is 0 Å². The molecule has 0 aliphatic heterocycles. The Labute approximate surface area is 153 Å². The highest BCUT2D eigenvalue weighted by Gasteiger charge is 2.18. The zero-order valence-corrected chi connectivity index (χ0v) is 15.2. The summed E-state index contributed by atoms with van der Waals surface area (Å²) in [5.41, 5.74) is 5.71. The molecule has 0 saturated heterocycles. The fourth-order valence-electron chi connectivity index (χ4n) is 2.89. The molecule has 0 bridgehead atoms. The van der Waals surface area contributed by atoms with Crippen molar-refractivity contribution >= 4 is 11.4 Å². The molecule has 7 heteroatoms. The lowest BCUT2D eigenvalue weighted by Crippen LogP contribution is -2.15. The Kier molecular flexibility index (Phi) is 6.24. The van der Waals surface area contributed by atoms with E-state index in [1.165, 1.54) is 11.9 Å². The van der Waals surface area contributed by atoms with Gasteiger partial charge in [-0.2, -0.15) is 0 Å². The molecule has 0 spiro atoms. The van der Waals surface area contributed by atoms with Gasteiger partial charge in [-0.1, -0.05) is 16.4 Å². The predicted octanol–water partition coefficient (Wildman–Crippen LogP) is 2.93. The van der Waals surface area contributed by atoms with Crippen LogP contribution in [-0.4, -0.2) is 40.1 Å². The minimum absolute atomic E-state index is 0.528. The van der Waals surface area contributed by atoms with Crippen LogP contribution in [0.2, 0.25) is 0 Å². The Hall–Kier alpha value is -2.83. The first-order chi connectivity index (χ1) is 12.8. The van der Waals surface area contributed by atoms with E-state index < -0.39 is 0 Å². The van der Waals surface area contributed by atoms with Crippen molar-refractivity contribution in [3.05, 3.63) is 53.4 Å². The van der Waals surface area contributed by atoms with Crippen LogP contribution in [0.3, 0.4) is 0 Å². The highest BCUT2D eigenvalue weighted by atomic mass is 16.6. The van der Waals surface area contributed by atoms with Gasteiger partial charge in [0.1, 0.15) is 31.5 Å². The molecule has 0 N–H and O–H groups in total. The van der Waals surface area contributed by atoms with E-state index in [9.17, 15) is 0 Å². The van der Waals surface area contributed by atoms with Crippen molar-refractivity contribution < 1.29 is 9.68 Å². The molecule has 2 aromatic rings. The van der Waals surface area contributed by atoms with Crippen LogP contribution in [0, 0.1) is 0 Å². The van der Waals surface area contributed by atoms with Crippen LogP contribution in [0.15, 0.2) is 41.0 Å². The number of aromatic nitrogens is 3. The smallest absolute Gasteiger partial charge is 0.117 e. The van der Waals surface area contributed by atoms with Crippen LogP contribution in [0.1, 0.15) is 48.8 Å². The quantitative estimate of drug-likeness (QED) is 0.434. The summed E-state index contributed by atoms with van der Waals surface area (Å²) in [5.74, 6) is 0. The van der Waals surface area contributed by atoms with E-state index in [1.54, 1.807) is 19.4 Å². The first-order valence-corrected chi connectivity index (χ1v) is 8.80. The minimum Gasteiger partial charge on any atom is -0.399 e. The normalized spacial score (nSPS) is 15.6. The number of hydrogen-bond acceptors (Lipinski definition) is 7.